The molecule has 0 aliphatic rings. The first-order chi connectivity index (χ1) is 14.2. The van der Waals surface area contributed by atoms with Crippen molar-refractivity contribution in [3.63, 3.8) is 0 Å². The number of carbonyl (C=O) groups is 1. The maximum Gasteiger partial charge on any atom is 0.332 e. The molecule has 30 heavy (non-hydrogen) atoms. The van der Waals surface area contributed by atoms with Crippen LogP contribution in [0.3, 0.4) is 0 Å². The standard InChI is InChI=1S/C19H22N6O4S/c1-10(14(26)13-15(20)23(2)19(28)25(4)17(13)27)30-18-22-21-16(24(18)3)11-6-8-12(29-5)9-7-11/h6-10H,20H2,1-5H3. The molecule has 1 aromatic carbocycles. The van der Waals surface area contributed by atoms with Gasteiger partial charge in [-0.3, -0.25) is 18.7 Å². The summed E-state index contributed by atoms with van der Waals surface area (Å²) in [4.78, 5) is 37.4. The maximum absolute atomic E-state index is 13.0. The molecule has 0 aliphatic carbocycles. The normalized spacial score (nSPS) is 12.0. The van der Waals surface area contributed by atoms with Gasteiger partial charge < -0.3 is 15.0 Å². The van der Waals surface area contributed by atoms with Crippen LogP contribution in [0, 0.1) is 0 Å². The van der Waals surface area contributed by atoms with Crippen molar-refractivity contribution in [3.05, 3.63) is 50.7 Å². The van der Waals surface area contributed by atoms with Gasteiger partial charge in [0.2, 0.25) is 0 Å². The van der Waals surface area contributed by atoms with Crippen LogP contribution in [0.25, 0.3) is 11.4 Å². The third-order valence-corrected chi connectivity index (χ3v) is 5.92. The zero-order chi connectivity index (χ0) is 22.2. The number of thioether (sulfide) groups is 1. The van der Waals surface area contributed by atoms with Crippen LogP contribution in [0.4, 0.5) is 5.82 Å². The number of aromatic nitrogens is 5. The van der Waals surface area contributed by atoms with Crippen LogP contribution in [0.5, 0.6) is 5.75 Å². The number of hydrogen-bond acceptors (Lipinski definition) is 8. The molecule has 3 aromatic rings. The molecular formula is C19H22N6O4S. The lowest BCUT2D eigenvalue weighted by atomic mass is 10.1. The first kappa shape index (κ1) is 21.4. The third-order valence-electron chi connectivity index (χ3n) is 4.79. The van der Waals surface area contributed by atoms with Crippen molar-refractivity contribution in [2.45, 2.75) is 17.3 Å². The molecule has 0 amide bonds. The molecule has 0 bridgehead atoms. The summed E-state index contributed by atoms with van der Waals surface area (Å²) in [6.07, 6.45) is 0. The van der Waals surface area contributed by atoms with Crippen LogP contribution < -0.4 is 21.7 Å². The molecule has 0 saturated heterocycles. The Labute approximate surface area is 176 Å². The number of nitrogen functional groups attached to an aromatic ring is 1. The summed E-state index contributed by atoms with van der Waals surface area (Å²) in [7, 11) is 6.10. The fourth-order valence-electron chi connectivity index (χ4n) is 2.92. The summed E-state index contributed by atoms with van der Waals surface area (Å²) in [5.41, 5.74) is 5.22. The number of Topliss-reactive ketones (excluding diaryl/α,β-unsaturated/α-hetero) is 1. The number of carbonyl (C=O) groups excluding carboxylic acids is 1. The molecule has 2 N–H and O–H groups in total. The van der Waals surface area contributed by atoms with Crippen molar-refractivity contribution in [2.24, 2.45) is 21.1 Å². The molecule has 2 heterocycles. The quantitative estimate of drug-likeness (QED) is 0.450. The van der Waals surface area contributed by atoms with Crippen LogP contribution in [0.1, 0.15) is 17.3 Å². The van der Waals surface area contributed by atoms with Crippen molar-refractivity contribution in [1.29, 1.82) is 0 Å². The SMILES string of the molecule is COc1ccc(-c2nnc(SC(C)C(=O)c3c(N)n(C)c(=O)n(C)c3=O)n2C)cc1. The van der Waals surface area contributed by atoms with Crippen LogP contribution in [-0.4, -0.2) is 42.0 Å². The second kappa shape index (κ2) is 8.19. The number of rotatable bonds is 6. The molecule has 158 valence electrons. The molecular weight excluding hydrogens is 408 g/mol. The average molecular weight is 430 g/mol. The Balaban J connectivity index is 1.89. The summed E-state index contributed by atoms with van der Waals surface area (Å²) in [5.74, 6) is 0.712. The number of nitrogens with two attached hydrogens (primary N) is 1. The van der Waals surface area contributed by atoms with E-state index in [9.17, 15) is 14.4 Å². The van der Waals surface area contributed by atoms with E-state index in [1.807, 2.05) is 24.3 Å². The molecule has 0 saturated carbocycles. The second-order valence-electron chi connectivity index (χ2n) is 6.68. The maximum atomic E-state index is 13.0. The van der Waals surface area contributed by atoms with Gasteiger partial charge >= 0.3 is 5.69 Å². The second-order valence-corrected chi connectivity index (χ2v) is 7.99. The highest BCUT2D eigenvalue weighted by molar-refractivity contribution is 8.00. The fourth-order valence-corrected chi connectivity index (χ4v) is 3.79. The van der Waals surface area contributed by atoms with Gasteiger partial charge in [0.15, 0.2) is 16.8 Å². The van der Waals surface area contributed by atoms with Gasteiger partial charge in [0, 0.05) is 26.7 Å². The molecule has 0 spiro atoms. The molecule has 0 fully saturated rings. The first-order valence-corrected chi connectivity index (χ1v) is 9.85. The molecule has 0 aliphatic heterocycles. The predicted molar refractivity (Wildman–Crippen MR) is 114 cm³/mol. The van der Waals surface area contributed by atoms with E-state index in [4.69, 9.17) is 10.5 Å². The Kier molecular flexibility index (Phi) is 5.83. The summed E-state index contributed by atoms with van der Waals surface area (Å²) < 4.78 is 8.87. The number of ether oxygens (including phenoxy) is 1. The topological polar surface area (TPSA) is 127 Å². The van der Waals surface area contributed by atoms with Gasteiger partial charge in [-0.25, -0.2) is 4.79 Å². The Morgan fingerprint density at radius 3 is 2.30 bits per heavy atom. The minimum absolute atomic E-state index is 0.155. The van der Waals surface area contributed by atoms with Crippen LogP contribution >= 0.6 is 11.8 Å². The highest BCUT2D eigenvalue weighted by Crippen LogP contribution is 2.28. The van der Waals surface area contributed by atoms with Gasteiger partial charge in [0.05, 0.1) is 12.4 Å². The van der Waals surface area contributed by atoms with Gasteiger partial charge in [-0.05, 0) is 31.2 Å². The van der Waals surface area contributed by atoms with E-state index in [1.54, 1.807) is 25.6 Å². The molecule has 2 aromatic heterocycles. The summed E-state index contributed by atoms with van der Waals surface area (Å²) in [6, 6.07) is 7.37. The minimum atomic E-state index is -0.718. The summed E-state index contributed by atoms with van der Waals surface area (Å²) >= 11 is 1.15. The van der Waals surface area contributed by atoms with Crippen LogP contribution in [0.15, 0.2) is 39.0 Å². The fraction of sp³-hybridized carbons (Fsp3) is 0.316. The lowest BCUT2D eigenvalue weighted by Crippen LogP contribution is -2.42. The Morgan fingerprint density at radius 1 is 1.07 bits per heavy atom. The van der Waals surface area contributed by atoms with Crippen LogP contribution in [-0.2, 0) is 21.1 Å². The lowest BCUT2D eigenvalue weighted by Gasteiger charge is -2.14. The largest absolute Gasteiger partial charge is 0.497 e. The van der Waals surface area contributed by atoms with E-state index in [1.165, 1.54) is 14.1 Å². The van der Waals surface area contributed by atoms with E-state index >= 15 is 0 Å². The number of methoxy groups -OCH3 is 1. The monoisotopic (exact) mass is 430 g/mol. The van der Waals surface area contributed by atoms with Crippen molar-refractivity contribution < 1.29 is 9.53 Å². The number of anilines is 1. The van der Waals surface area contributed by atoms with E-state index < -0.39 is 22.3 Å². The molecule has 1 atom stereocenters. The zero-order valence-corrected chi connectivity index (χ0v) is 18.1. The van der Waals surface area contributed by atoms with Gasteiger partial charge in [-0.15, -0.1) is 10.2 Å². The summed E-state index contributed by atoms with van der Waals surface area (Å²) in [6.45, 7) is 1.65. The van der Waals surface area contributed by atoms with Crippen LogP contribution in [0.2, 0.25) is 0 Å². The third kappa shape index (κ3) is 3.63. The van der Waals surface area contributed by atoms with E-state index in [2.05, 4.69) is 10.2 Å². The lowest BCUT2D eigenvalue weighted by molar-refractivity contribution is 0.0992. The first-order valence-electron chi connectivity index (χ1n) is 8.97. The van der Waals surface area contributed by atoms with E-state index in [0.717, 1.165) is 32.2 Å². The van der Waals surface area contributed by atoms with Crippen molar-refractivity contribution in [3.8, 4) is 17.1 Å². The number of benzene rings is 1. The Hall–Kier alpha value is -3.34. The van der Waals surface area contributed by atoms with Gasteiger partial charge in [0.1, 0.15) is 17.1 Å². The molecule has 0 radical (unpaired) electrons. The molecule has 11 heteroatoms. The number of ketones is 1. The van der Waals surface area contributed by atoms with Gasteiger partial charge in [-0.1, -0.05) is 11.8 Å². The number of hydrogen-bond donors (Lipinski definition) is 1. The smallest absolute Gasteiger partial charge is 0.332 e. The van der Waals surface area contributed by atoms with Gasteiger partial charge in [0.25, 0.3) is 5.56 Å². The molecule has 3 rings (SSSR count). The zero-order valence-electron chi connectivity index (χ0n) is 17.2. The average Bonchev–Trinajstić information content (AvgIpc) is 3.10. The van der Waals surface area contributed by atoms with E-state index in [-0.39, 0.29) is 11.4 Å². The minimum Gasteiger partial charge on any atom is -0.497 e. The van der Waals surface area contributed by atoms with Crippen molar-refractivity contribution in [2.75, 3.05) is 12.8 Å². The van der Waals surface area contributed by atoms with E-state index in [0.29, 0.717) is 11.0 Å². The number of nitrogens with zero attached hydrogens (tertiary/aromatic N) is 5. The van der Waals surface area contributed by atoms with Crippen molar-refractivity contribution in [1.82, 2.24) is 23.9 Å². The van der Waals surface area contributed by atoms with Gasteiger partial charge in [-0.2, -0.15) is 0 Å². The van der Waals surface area contributed by atoms with Crippen molar-refractivity contribution >= 4 is 23.4 Å². The molecule has 1 unspecified atom stereocenters. The highest BCUT2D eigenvalue weighted by Gasteiger charge is 2.27. The Bertz CT molecular complexity index is 1230. The summed E-state index contributed by atoms with van der Waals surface area (Å²) in [5, 5.41) is 8.20. The Morgan fingerprint density at radius 2 is 1.70 bits per heavy atom. The molecule has 10 nitrogen and oxygen atoms in total. The predicted octanol–water partition coefficient (Wildman–Crippen LogP) is 0.834. The highest BCUT2D eigenvalue weighted by atomic mass is 32.2.